The lowest BCUT2D eigenvalue weighted by Gasteiger charge is -2.42. The normalized spacial score (nSPS) is 19.4. The maximum absolute atomic E-state index is 12.4. The average Bonchev–Trinajstić information content (AvgIpc) is 2.56. The summed E-state index contributed by atoms with van der Waals surface area (Å²) >= 11 is 0. The maximum Gasteiger partial charge on any atom is 0.292 e. The number of hydrogen-bond donors (Lipinski definition) is 1. The molecule has 17 heavy (non-hydrogen) atoms. The third kappa shape index (κ3) is 2.20. The van der Waals surface area contributed by atoms with E-state index >= 15 is 0 Å². The standard InChI is InChI=1S/C12H19N3O2/c1-8-10(17-9(2)14-8)11(16)15-6-5-13-7-12(15,3)4/h13H,5-7H2,1-4H3. The Morgan fingerprint density at radius 3 is 2.71 bits per heavy atom. The molecule has 0 aliphatic carbocycles. The minimum Gasteiger partial charge on any atom is -0.436 e. The molecule has 2 heterocycles. The molecule has 0 aromatic carbocycles. The lowest BCUT2D eigenvalue weighted by molar-refractivity contribution is 0.0443. The van der Waals surface area contributed by atoms with Crippen LogP contribution in [0.3, 0.4) is 0 Å². The summed E-state index contributed by atoms with van der Waals surface area (Å²) < 4.78 is 5.40. The topological polar surface area (TPSA) is 58.4 Å². The molecule has 1 aliphatic heterocycles. The molecule has 0 saturated carbocycles. The van der Waals surface area contributed by atoms with Gasteiger partial charge in [-0.05, 0) is 20.8 Å². The van der Waals surface area contributed by atoms with Gasteiger partial charge >= 0.3 is 0 Å². The molecule has 2 rings (SSSR count). The Morgan fingerprint density at radius 1 is 1.47 bits per heavy atom. The van der Waals surface area contributed by atoms with Crippen LogP contribution in [0.1, 0.15) is 36.0 Å². The van der Waals surface area contributed by atoms with Crippen LogP contribution in [0.4, 0.5) is 0 Å². The van der Waals surface area contributed by atoms with Gasteiger partial charge in [-0.2, -0.15) is 0 Å². The van der Waals surface area contributed by atoms with Crippen molar-refractivity contribution in [3.63, 3.8) is 0 Å². The summed E-state index contributed by atoms with van der Waals surface area (Å²) in [5.41, 5.74) is 0.476. The molecule has 1 fully saturated rings. The fraction of sp³-hybridized carbons (Fsp3) is 0.667. The third-order valence-corrected chi connectivity index (χ3v) is 3.14. The van der Waals surface area contributed by atoms with Crippen molar-refractivity contribution in [1.82, 2.24) is 15.2 Å². The van der Waals surface area contributed by atoms with E-state index in [4.69, 9.17) is 4.42 Å². The van der Waals surface area contributed by atoms with Crippen molar-refractivity contribution >= 4 is 5.91 Å². The van der Waals surface area contributed by atoms with Gasteiger partial charge in [0, 0.05) is 26.6 Å². The van der Waals surface area contributed by atoms with E-state index in [9.17, 15) is 4.79 Å². The molecule has 1 N–H and O–H groups in total. The highest BCUT2D eigenvalue weighted by Gasteiger charge is 2.35. The van der Waals surface area contributed by atoms with Crippen LogP contribution in [-0.4, -0.2) is 41.0 Å². The van der Waals surface area contributed by atoms with E-state index in [1.165, 1.54) is 0 Å². The van der Waals surface area contributed by atoms with Crippen molar-refractivity contribution < 1.29 is 9.21 Å². The second-order valence-corrected chi connectivity index (χ2v) is 5.09. The number of oxazole rings is 1. The highest BCUT2D eigenvalue weighted by atomic mass is 16.4. The second-order valence-electron chi connectivity index (χ2n) is 5.09. The first-order valence-corrected chi connectivity index (χ1v) is 5.88. The predicted molar refractivity (Wildman–Crippen MR) is 64.0 cm³/mol. The van der Waals surface area contributed by atoms with Crippen LogP contribution in [0, 0.1) is 13.8 Å². The molecular formula is C12H19N3O2. The van der Waals surface area contributed by atoms with Crippen LogP contribution in [0.2, 0.25) is 0 Å². The molecule has 1 aromatic heterocycles. The van der Waals surface area contributed by atoms with Crippen LogP contribution < -0.4 is 5.32 Å². The second kappa shape index (κ2) is 4.14. The Labute approximate surface area is 101 Å². The van der Waals surface area contributed by atoms with Gasteiger partial charge in [0.1, 0.15) is 0 Å². The smallest absolute Gasteiger partial charge is 0.292 e. The van der Waals surface area contributed by atoms with Gasteiger partial charge in [0.25, 0.3) is 5.91 Å². The Hall–Kier alpha value is -1.36. The Balaban J connectivity index is 2.28. The molecule has 0 unspecified atom stereocenters. The van der Waals surface area contributed by atoms with Gasteiger partial charge in [0.2, 0.25) is 5.76 Å². The molecule has 1 aliphatic rings. The summed E-state index contributed by atoms with van der Waals surface area (Å²) in [6.07, 6.45) is 0. The zero-order valence-corrected chi connectivity index (χ0v) is 10.8. The molecule has 0 radical (unpaired) electrons. The van der Waals surface area contributed by atoms with Crippen LogP contribution in [0.5, 0.6) is 0 Å². The fourth-order valence-corrected chi connectivity index (χ4v) is 2.21. The van der Waals surface area contributed by atoms with E-state index in [2.05, 4.69) is 24.1 Å². The van der Waals surface area contributed by atoms with E-state index in [-0.39, 0.29) is 11.4 Å². The predicted octanol–water partition coefficient (Wildman–Crippen LogP) is 1.12. The van der Waals surface area contributed by atoms with Crippen LogP contribution in [0.15, 0.2) is 4.42 Å². The van der Waals surface area contributed by atoms with E-state index in [1.54, 1.807) is 13.8 Å². The van der Waals surface area contributed by atoms with E-state index in [0.717, 1.165) is 13.1 Å². The third-order valence-electron chi connectivity index (χ3n) is 3.14. The van der Waals surface area contributed by atoms with Crippen molar-refractivity contribution in [2.24, 2.45) is 0 Å². The van der Waals surface area contributed by atoms with Gasteiger partial charge in [-0.25, -0.2) is 4.98 Å². The number of amides is 1. The molecule has 1 amide bonds. The van der Waals surface area contributed by atoms with Crippen molar-refractivity contribution in [3.8, 4) is 0 Å². The highest BCUT2D eigenvalue weighted by molar-refractivity contribution is 5.93. The lowest BCUT2D eigenvalue weighted by Crippen LogP contribution is -2.59. The summed E-state index contributed by atoms with van der Waals surface area (Å²) in [5, 5.41) is 3.29. The summed E-state index contributed by atoms with van der Waals surface area (Å²) in [7, 11) is 0. The van der Waals surface area contributed by atoms with Gasteiger partial charge in [-0.15, -0.1) is 0 Å². The van der Waals surface area contributed by atoms with Crippen molar-refractivity contribution in [1.29, 1.82) is 0 Å². The van der Waals surface area contributed by atoms with Crippen LogP contribution in [0.25, 0.3) is 0 Å². The van der Waals surface area contributed by atoms with Crippen LogP contribution >= 0.6 is 0 Å². The molecule has 0 spiro atoms. The fourth-order valence-electron chi connectivity index (χ4n) is 2.21. The molecular weight excluding hydrogens is 218 g/mol. The molecule has 0 bridgehead atoms. The molecule has 1 aromatic rings. The van der Waals surface area contributed by atoms with Gasteiger partial charge in [0.05, 0.1) is 11.2 Å². The highest BCUT2D eigenvalue weighted by Crippen LogP contribution is 2.21. The van der Waals surface area contributed by atoms with Crippen molar-refractivity contribution in [2.45, 2.75) is 33.2 Å². The number of carbonyl (C=O) groups excluding carboxylic acids is 1. The molecule has 94 valence electrons. The number of piperazine rings is 1. The summed E-state index contributed by atoms with van der Waals surface area (Å²) in [4.78, 5) is 18.4. The van der Waals surface area contributed by atoms with Gasteiger partial charge in [-0.3, -0.25) is 4.79 Å². The SMILES string of the molecule is Cc1nc(C)c(C(=O)N2CCNCC2(C)C)o1. The van der Waals surface area contributed by atoms with E-state index in [0.29, 0.717) is 23.9 Å². The van der Waals surface area contributed by atoms with Gasteiger partial charge in [-0.1, -0.05) is 0 Å². The number of aromatic nitrogens is 1. The first-order valence-electron chi connectivity index (χ1n) is 5.88. The lowest BCUT2D eigenvalue weighted by atomic mass is 9.99. The minimum atomic E-state index is -0.192. The molecule has 5 nitrogen and oxygen atoms in total. The number of carbonyl (C=O) groups is 1. The van der Waals surface area contributed by atoms with E-state index in [1.807, 2.05) is 4.90 Å². The maximum atomic E-state index is 12.4. The summed E-state index contributed by atoms with van der Waals surface area (Å²) in [6, 6.07) is 0. The number of rotatable bonds is 1. The largest absolute Gasteiger partial charge is 0.436 e. The first kappa shape index (κ1) is 12.1. The Morgan fingerprint density at radius 2 is 2.18 bits per heavy atom. The monoisotopic (exact) mass is 237 g/mol. The first-order chi connectivity index (χ1) is 7.92. The Bertz CT molecular complexity index is 437. The van der Waals surface area contributed by atoms with Crippen molar-refractivity contribution in [2.75, 3.05) is 19.6 Å². The van der Waals surface area contributed by atoms with Crippen molar-refractivity contribution in [3.05, 3.63) is 17.3 Å². The van der Waals surface area contributed by atoms with Crippen LogP contribution in [-0.2, 0) is 0 Å². The summed E-state index contributed by atoms with van der Waals surface area (Å²) in [6.45, 7) is 9.98. The molecule has 1 saturated heterocycles. The Kier molecular flexibility index (Phi) is 2.95. The molecule has 5 heteroatoms. The van der Waals surface area contributed by atoms with Gasteiger partial charge < -0.3 is 14.6 Å². The quantitative estimate of drug-likeness (QED) is 0.795. The number of nitrogens with zero attached hydrogens (tertiary/aromatic N) is 2. The number of aryl methyl sites for hydroxylation is 2. The number of nitrogens with one attached hydrogen (secondary N) is 1. The molecule has 0 atom stereocenters. The number of hydrogen-bond acceptors (Lipinski definition) is 4. The minimum absolute atomic E-state index is 0.0606. The van der Waals surface area contributed by atoms with Gasteiger partial charge in [0.15, 0.2) is 5.89 Å². The summed E-state index contributed by atoms with van der Waals surface area (Å²) in [5.74, 6) is 0.853. The zero-order valence-electron chi connectivity index (χ0n) is 10.8. The average molecular weight is 237 g/mol. The van der Waals surface area contributed by atoms with E-state index < -0.39 is 0 Å². The zero-order chi connectivity index (χ0) is 12.6.